The molecule has 0 bridgehead atoms. The fraction of sp³-hybridized carbons (Fsp3) is 0.261. The van der Waals surface area contributed by atoms with E-state index in [9.17, 15) is 8.78 Å². The number of nitrogens with one attached hydrogen (secondary N) is 1. The predicted octanol–water partition coefficient (Wildman–Crippen LogP) is 5.10. The van der Waals surface area contributed by atoms with Gasteiger partial charge in [-0.25, -0.2) is 8.78 Å². The molecule has 0 spiro atoms. The van der Waals surface area contributed by atoms with Crippen molar-refractivity contribution >= 4 is 21.6 Å². The molecule has 0 unspecified atom stereocenters. The fourth-order valence-electron chi connectivity index (χ4n) is 3.65. The van der Waals surface area contributed by atoms with Gasteiger partial charge in [-0.15, -0.1) is 16.8 Å². The number of aliphatic imine (C=N–C) groups is 1. The van der Waals surface area contributed by atoms with E-state index in [2.05, 4.69) is 43.0 Å². The van der Waals surface area contributed by atoms with Crippen LogP contribution in [0.1, 0.15) is 42.0 Å². The number of rotatable bonds is 8. The normalized spacial score (nSPS) is 12.7. The van der Waals surface area contributed by atoms with Gasteiger partial charge in [-0.05, 0) is 56.1 Å². The zero-order valence-electron chi connectivity index (χ0n) is 16.9. The smallest absolute Gasteiger partial charge is 0.159 e. The van der Waals surface area contributed by atoms with E-state index in [1.165, 1.54) is 18.2 Å². The van der Waals surface area contributed by atoms with Gasteiger partial charge in [0.2, 0.25) is 0 Å². The highest BCUT2D eigenvalue weighted by molar-refractivity contribution is 9.10. The van der Waals surface area contributed by atoms with Crippen LogP contribution in [0, 0.1) is 11.6 Å². The Kier molecular flexibility index (Phi) is 6.67. The second-order valence-corrected chi connectivity index (χ2v) is 8.17. The molecular weight excluding hydrogens is 464 g/mol. The third-order valence-corrected chi connectivity index (χ3v) is 5.62. The van der Waals surface area contributed by atoms with E-state index in [0.717, 1.165) is 41.8 Å². The summed E-state index contributed by atoms with van der Waals surface area (Å²) in [7, 11) is 0. The molecule has 160 valence electrons. The minimum atomic E-state index is -0.649. The van der Waals surface area contributed by atoms with Crippen molar-refractivity contribution in [2.75, 3.05) is 6.54 Å². The molecule has 2 heterocycles. The second-order valence-electron chi connectivity index (χ2n) is 7.25. The molecule has 0 fully saturated rings. The topological polar surface area (TPSA) is 55.1 Å². The van der Waals surface area contributed by atoms with Crippen LogP contribution in [0.2, 0.25) is 0 Å². The van der Waals surface area contributed by atoms with Crippen LogP contribution >= 0.6 is 15.9 Å². The third-order valence-electron chi connectivity index (χ3n) is 5.12. The van der Waals surface area contributed by atoms with Crippen molar-refractivity contribution in [3.8, 4) is 5.69 Å². The summed E-state index contributed by atoms with van der Waals surface area (Å²) in [5.41, 5.74) is 1.48. The largest absolute Gasteiger partial charge is 0.310 e. The fourth-order valence-corrected chi connectivity index (χ4v) is 4.01. The minimum Gasteiger partial charge on any atom is -0.310 e. The number of fused-ring (bicyclic) bond motifs is 3. The number of benzene rings is 2. The van der Waals surface area contributed by atoms with Crippen LogP contribution in [0.25, 0.3) is 5.69 Å². The summed E-state index contributed by atoms with van der Waals surface area (Å²) < 4.78 is 31.9. The summed E-state index contributed by atoms with van der Waals surface area (Å²) in [6, 6.07) is 9.43. The van der Waals surface area contributed by atoms with Crippen LogP contribution in [0.4, 0.5) is 8.78 Å². The number of nitrogens with zero attached hydrogens (tertiary/aromatic N) is 4. The van der Waals surface area contributed by atoms with Crippen LogP contribution in [0.3, 0.4) is 0 Å². The summed E-state index contributed by atoms with van der Waals surface area (Å²) in [5, 5.41) is 12.0. The first-order valence-electron chi connectivity index (χ1n) is 10.1. The quantitative estimate of drug-likeness (QED) is 0.356. The molecule has 8 heteroatoms. The van der Waals surface area contributed by atoms with E-state index in [-0.39, 0.29) is 17.8 Å². The Hall–Kier alpha value is -2.71. The van der Waals surface area contributed by atoms with Crippen molar-refractivity contribution in [2.45, 2.75) is 32.4 Å². The number of unbranched alkanes of at least 4 members (excludes halogenated alkanes) is 2. The van der Waals surface area contributed by atoms with Crippen molar-refractivity contribution in [1.82, 2.24) is 20.1 Å². The maximum atomic E-state index is 14.6. The maximum absolute atomic E-state index is 14.6. The van der Waals surface area contributed by atoms with Gasteiger partial charge in [0.05, 0.1) is 23.5 Å². The number of hydrogen-bond acceptors (Lipinski definition) is 4. The first-order chi connectivity index (χ1) is 15.1. The van der Waals surface area contributed by atoms with Crippen molar-refractivity contribution in [3.05, 3.63) is 87.9 Å². The molecule has 0 atom stereocenters. The summed E-state index contributed by atoms with van der Waals surface area (Å²) in [6.45, 7) is 5.29. The molecule has 0 saturated heterocycles. The lowest BCUT2D eigenvalue weighted by Gasteiger charge is -2.15. The molecule has 1 aliphatic heterocycles. The lowest BCUT2D eigenvalue weighted by molar-refractivity contribution is 0.579. The maximum Gasteiger partial charge on any atom is 0.159 e. The van der Waals surface area contributed by atoms with Crippen LogP contribution in [-0.4, -0.2) is 27.0 Å². The summed E-state index contributed by atoms with van der Waals surface area (Å²) >= 11 is 3.47. The van der Waals surface area contributed by atoms with Crippen molar-refractivity contribution in [3.63, 3.8) is 0 Å². The highest BCUT2D eigenvalue weighted by Gasteiger charge is 2.26. The van der Waals surface area contributed by atoms with E-state index in [1.54, 1.807) is 0 Å². The summed E-state index contributed by atoms with van der Waals surface area (Å²) in [4.78, 5) is 4.55. The summed E-state index contributed by atoms with van der Waals surface area (Å²) in [6.07, 6.45) is 5.04. The van der Waals surface area contributed by atoms with E-state index < -0.39 is 11.6 Å². The zero-order chi connectivity index (χ0) is 21.8. The first kappa shape index (κ1) is 21.5. The summed E-state index contributed by atoms with van der Waals surface area (Å²) in [5.74, 6) is 0.0547. The predicted molar refractivity (Wildman–Crippen MR) is 121 cm³/mol. The van der Waals surface area contributed by atoms with Gasteiger partial charge in [0, 0.05) is 10.0 Å². The average Bonchev–Trinajstić information content (AvgIpc) is 3.08. The lowest BCUT2D eigenvalue weighted by atomic mass is 9.99. The van der Waals surface area contributed by atoms with E-state index in [1.807, 2.05) is 28.8 Å². The molecule has 0 radical (unpaired) electrons. The van der Waals surface area contributed by atoms with Gasteiger partial charge in [0.25, 0.3) is 0 Å². The van der Waals surface area contributed by atoms with Gasteiger partial charge in [0.15, 0.2) is 11.6 Å². The molecule has 1 N–H and O–H groups in total. The molecule has 3 aromatic rings. The molecule has 0 aliphatic carbocycles. The Bertz CT molecular complexity index is 1120. The Morgan fingerprint density at radius 1 is 1.13 bits per heavy atom. The van der Waals surface area contributed by atoms with Gasteiger partial charge in [-0.3, -0.25) is 9.56 Å². The van der Waals surface area contributed by atoms with Crippen LogP contribution < -0.4 is 5.32 Å². The van der Waals surface area contributed by atoms with Crippen molar-refractivity contribution < 1.29 is 8.78 Å². The van der Waals surface area contributed by atoms with Crippen LogP contribution in [0.5, 0.6) is 0 Å². The zero-order valence-corrected chi connectivity index (χ0v) is 18.5. The molecule has 5 nitrogen and oxygen atoms in total. The second kappa shape index (κ2) is 9.62. The molecule has 31 heavy (non-hydrogen) atoms. The van der Waals surface area contributed by atoms with Gasteiger partial charge >= 0.3 is 0 Å². The Labute approximate surface area is 188 Å². The highest BCUT2D eigenvalue weighted by atomic mass is 79.9. The molecule has 1 aliphatic rings. The van der Waals surface area contributed by atoms with Gasteiger partial charge in [-0.2, -0.15) is 0 Å². The van der Waals surface area contributed by atoms with E-state index in [4.69, 9.17) is 0 Å². The SMILES string of the molecule is C=CCCCCNCc1nnc2n1-c1ccc(Br)cc1C(c1c(F)cccc1F)=NC2. The minimum absolute atomic E-state index is 0.137. The van der Waals surface area contributed by atoms with Crippen LogP contribution in [-0.2, 0) is 13.1 Å². The Morgan fingerprint density at radius 2 is 1.94 bits per heavy atom. The van der Waals surface area contributed by atoms with Gasteiger partial charge in [0.1, 0.15) is 18.2 Å². The third kappa shape index (κ3) is 4.50. The highest BCUT2D eigenvalue weighted by Crippen LogP contribution is 2.30. The molecule has 0 saturated carbocycles. The number of allylic oxidation sites excluding steroid dienone is 1. The van der Waals surface area contributed by atoms with E-state index >= 15 is 0 Å². The number of hydrogen-bond donors (Lipinski definition) is 1. The number of halogens is 3. The molecule has 2 aromatic carbocycles. The van der Waals surface area contributed by atoms with Crippen LogP contribution in [0.15, 0.2) is 58.5 Å². The average molecular weight is 486 g/mol. The standard InChI is InChI=1S/C23H22BrF2N5/c1-2-3-4-5-11-27-13-20-29-30-21-14-28-23(22-17(25)7-6-8-18(22)26)16-12-15(24)9-10-19(16)31(20)21/h2,6-10,12,27H,1,3-5,11,13-14H2. The lowest BCUT2D eigenvalue weighted by Crippen LogP contribution is -2.19. The molecular formula is C23H22BrF2N5. The first-order valence-corrected chi connectivity index (χ1v) is 10.9. The van der Waals surface area contributed by atoms with E-state index in [0.29, 0.717) is 17.9 Å². The van der Waals surface area contributed by atoms with Crippen molar-refractivity contribution in [2.24, 2.45) is 4.99 Å². The monoisotopic (exact) mass is 485 g/mol. The number of aromatic nitrogens is 3. The Morgan fingerprint density at radius 3 is 2.71 bits per heavy atom. The molecule has 1 aromatic heterocycles. The van der Waals surface area contributed by atoms with Gasteiger partial charge < -0.3 is 5.32 Å². The molecule has 0 amide bonds. The molecule has 4 rings (SSSR count). The van der Waals surface area contributed by atoms with Gasteiger partial charge in [-0.1, -0.05) is 28.1 Å². The Balaban J connectivity index is 1.71. The van der Waals surface area contributed by atoms with Crippen molar-refractivity contribution in [1.29, 1.82) is 0 Å².